The molecule has 0 radical (unpaired) electrons. The van der Waals surface area contributed by atoms with Crippen LogP contribution in [0.3, 0.4) is 0 Å². The summed E-state index contributed by atoms with van der Waals surface area (Å²) in [5.74, 6) is 1.34. The Labute approximate surface area is 100 Å². The van der Waals surface area contributed by atoms with Gasteiger partial charge in [0.05, 0.1) is 0 Å². The van der Waals surface area contributed by atoms with Crippen LogP contribution in [0.15, 0.2) is 36.7 Å². The molecule has 0 fully saturated rings. The molecule has 4 heteroatoms. The Hall–Kier alpha value is -1.48. The first kappa shape index (κ1) is 11.0. The van der Waals surface area contributed by atoms with Gasteiger partial charge in [-0.1, -0.05) is 18.2 Å². The highest BCUT2D eigenvalue weighted by Gasteiger charge is 2.04. The monoisotopic (exact) mass is 235 g/mol. The lowest BCUT2D eigenvalue weighted by molar-refractivity contribution is 0.771. The molecule has 0 spiro atoms. The number of hydrogen-bond acceptors (Lipinski definition) is 2. The SMILES string of the molecule is CCn1ccnc1Nc1ccccc1CCl. The fourth-order valence-corrected chi connectivity index (χ4v) is 1.80. The number of para-hydroxylation sites is 1. The molecule has 3 nitrogen and oxygen atoms in total. The van der Waals surface area contributed by atoms with Gasteiger partial charge in [0.15, 0.2) is 0 Å². The molecule has 16 heavy (non-hydrogen) atoms. The topological polar surface area (TPSA) is 29.9 Å². The van der Waals surface area contributed by atoms with Crippen LogP contribution < -0.4 is 5.32 Å². The quantitative estimate of drug-likeness (QED) is 0.824. The molecule has 0 bridgehead atoms. The first-order valence-corrected chi connectivity index (χ1v) is 5.80. The smallest absolute Gasteiger partial charge is 0.207 e. The standard InChI is InChI=1S/C12H14ClN3/c1-2-16-8-7-14-12(16)15-11-6-4-3-5-10(11)9-13/h3-8H,2,9H2,1H3,(H,14,15). The van der Waals surface area contributed by atoms with Crippen molar-refractivity contribution in [3.63, 3.8) is 0 Å². The normalized spacial score (nSPS) is 10.4. The van der Waals surface area contributed by atoms with Crippen molar-refractivity contribution in [2.75, 3.05) is 5.32 Å². The molecule has 0 saturated carbocycles. The number of rotatable bonds is 4. The Morgan fingerprint density at radius 1 is 1.38 bits per heavy atom. The van der Waals surface area contributed by atoms with E-state index >= 15 is 0 Å². The first-order chi connectivity index (χ1) is 7.85. The molecule has 0 aliphatic carbocycles. The van der Waals surface area contributed by atoms with E-state index in [2.05, 4.69) is 17.2 Å². The van der Waals surface area contributed by atoms with E-state index in [0.717, 1.165) is 23.7 Å². The second-order valence-electron chi connectivity index (χ2n) is 3.45. The second-order valence-corrected chi connectivity index (χ2v) is 3.72. The maximum Gasteiger partial charge on any atom is 0.207 e. The van der Waals surface area contributed by atoms with E-state index in [1.54, 1.807) is 6.20 Å². The maximum atomic E-state index is 5.88. The van der Waals surface area contributed by atoms with Gasteiger partial charge in [0.1, 0.15) is 0 Å². The predicted octanol–water partition coefficient (Wildman–Crippen LogP) is 3.39. The Balaban J connectivity index is 2.26. The number of imidazole rings is 1. The van der Waals surface area contributed by atoms with Gasteiger partial charge in [-0.3, -0.25) is 0 Å². The third kappa shape index (κ3) is 2.19. The van der Waals surface area contributed by atoms with Gasteiger partial charge in [0.2, 0.25) is 5.95 Å². The highest BCUT2D eigenvalue weighted by molar-refractivity contribution is 6.17. The molecule has 0 atom stereocenters. The minimum Gasteiger partial charge on any atom is -0.325 e. The number of alkyl halides is 1. The van der Waals surface area contributed by atoms with E-state index in [0.29, 0.717) is 5.88 Å². The maximum absolute atomic E-state index is 5.88. The molecular formula is C12H14ClN3. The average Bonchev–Trinajstić information content (AvgIpc) is 2.77. The van der Waals surface area contributed by atoms with E-state index in [4.69, 9.17) is 11.6 Å². The van der Waals surface area contributed by atoms with Gasteiger partial charge < -0.3 is 9.88 Å². The number of anilines is 2. The molecule has 1 aromatic heterocycles. The fraction of sp³-hybridized carbons (Fsp3) is 0.250. The zero-order valence-corrected chi connectivity index (χ0v) is 9.91. The van der Waals surface area contributed by atoms with E-state index in [-0.39, 0.29) is 0 Å². The number of aromatic nitrogens is 2. The van der Waals surface area contributed by atoms with Crippen LogP contribution >= 0.6 is 11.6 Å². The van der Waals surface area contributed by atoms with Crippen molar-refractivity contribution in [3.8, 4) is 0 Å². The van der Waals surface area contributed by atoms with Crippen molar-refractivity contribution in [3.05, 3.63) is 42.2 Å². The summed E-state index contributed by atoms with van der Waals surface area (Å²) in [7, 11) is 0. The molecule has 0 aliphatic heterocycles. The van der Waals surface area contributed by atoms with Gasteiger partial charge in [-0.25, -0.2) is 4.98 Å². The van der Waals surface area contributed by atoms with Gasteiger partial charge in [0, 0.05) is 30.5 Å². The highest BCUT2D eigenvalue weighted by Crippen LogP contribution is 2.21. The summed E-state index contributed by atoms with van der Waals surface area (Å²) in [6.45, 7) is 2.98. The van der Waals surface area contributed by atoms with Crippen LogP contribution in [-0.4, -0.2) is 9.55 Å². The molecule has 2 aromatic rings. The summed E-state index contributed by atoms with van der Waals surface area (Å²) in [4.78, 5) is 4.27. The van der Waals surface area contributed by atoms with Crippen LogP contribution in [0.25, 0.3) is 0 Å². The number of nitrogens with one attached hydrogen (secondary N) is 1. The largest absolute Gasteiger partial charge is 0.325 e. The number of nitrogens with zero attached hydrogens (tertiary/aromatic N) is 2. The molecule has 0 unspecified atom stereocenters. The zero-order chi connectivity index (χ0) is 11.4. The fourth-order valence-electron chi connectivity index (χ4n) is 1.57. The molecular weight excluding hydrogens is 222 g/mol. The first-order valence-electron chi connectivity index (χ1n) is 5.27. The molecule has 0 amide bonds. The van der Waals surface area contributed by atoms with Crippen molar-refractivity contribution in [1.29, 1.82) is 0 Å². The van der Waals surface area contributed by atoms with E-state index in [1.807, 2.05) is 35.0 Å². The number of halogens is 1. The zero-order valence-electron chi connectivity index (χ0n) is 9.15. The lowest BCUT2D eigenvalue weighted by atomic mass is 10.2. The summed E-state index contributed by atoms with van der Waals surface area (Å²) in [5, 5.41) is 3.29. The van der Waals surface area contributed by atoms with Gasteiger partial charge in [-0.15, -0.1) is 11.6 Å². The summed E-state index contributed by atoms with van der Waals surface area (Å²) in [6, 6.07) is 7.98. The third-order valence-electron chi connectivity index (χ3n) is 2.46. The third-order valence-corrected chi connectivity index (χ3v) is 2.75. The second kappa shape index (κ2) is 5.03. The van der Waals surface area contributed by atoms with Crippen LogP contribution in [0.4, 0.5) is 11.6 Å². The number of hydrogen-bond donors (Lipinski definition) is 1. The minimum absolute atomic E-state index is 0.496. The lowest BCUT2D eigenvalue weighted by Crippen LogP contribution is -2.02. The molecule has 1 heterocycles. The number of benzene rings is 1. The van der Waals surface area contributed by atoms with Gasteiger partial charge in [0.25, 0.3) is 0 Å². The molecule has 2 rings (SSSR count). The van der Waals surface area contributed by atoms with E-state index < -0.39 is 0 Å². The van der Waals surface area contributed by atoms with Crippen molar-refractivity contribution in [2.45, 2.75) is 19.3 Å². The average molecular weight is 236 g/mol. The lowest BCUT2D eigenvalue weighted by Gasteiger charge is -2.10. The van der Waals surface area contributed by atoms with Crippen LogP contribution in [0.5, 0.6) is 0 Å². The van der Waals surface area contributed by atoms with Gasteiger partial charge >= 0.3 is 0 Å². The minimum atomic E-state index is 0.496. The molecule has 0 aliphatic rings. The van der Waals surface area contributed by atoms with E-state index in [9.17, 15) is 0 Å². The van der Waals surface area contributed by atoms with Gasteiger partial charge in [-0.05, 0) is 18.6 Å². The Morgan fingerprint density at radius 3 is 2.94 bits per heavy atom. The summed E-state index contributed by atoms with van der Waals surface area (Å²) in [5.41, 5.74) is 2.09. The van der Waals surface area contributed by atoms with Gasteiger partial charge in [-0.2, -0.15) is 0 Å². The summed E-state index contributed by atoms with van der Waals surface area (Å²) < 4.78 is 2.05. The highest BCUT2D eigenvalue weighted by atomic mass is 35.5. The van der Waals surface area contributed by atoms with Crippen LogP contribution in [0.1, 0.15) is 12.5 Å². The van der Waals surface area contributed by atoms with E-state index in [1.165, 1.54) is 0 Å². The summed E-state index contributed by atoms with van der Waals surface area (Å²) >= 11 is 5.88. The van der Waals surface area contributed by atoms with Crippen LogP contribution in [-0.2, 0) is 12.4 Å². The Kier molecular flexibility index (Phi) is 3.47. The predicted molar refractivity (Wildman–Crippen MR) is 67.2 cm³/mol. The molecule has 84 valence electrons. The van der Waals surface area contributed by atoms with Crippen molar-refractivity contribution >= 4 is 23.2 Å². The van der Waals surface area contributed by atoms with Crippen LogP contribution in [0.2, 0.25) is 0 Å². The van der Waals surface area contributed by atoms with Crippen molar-refractivity contribution in [2.24, 2.45) is 0 Å². The molecule has 0 saturated heterocycles. The molecule has 1 aromatic carbocycles. The number of aryl methyl sites for hydroxylation is 1. The Morgan fingerprint density at radius 2 is 2.19 bits per heavy atom. The van der Waals surface area contributed by atoms with Crippen LogP contribution in [0, 0.1) is 0 Å². The molecule has 1 N–H and O–H groups in total. The van der Waals surface area contributed by atoms with Crippen molar-refractivity contribution in [1.82, 2.24) is 9.55 Å². The summed E-state index contributed by atoms with van der Waals surface area (Å²) in [6.07, 6.45) is 3.74. The Bertz CT molecular complexity index is 465. The van der Waals surface area contributed by atoms with Crippen molar-refractivity contribution < 1.29 is 0 Å².